The minimum atomic E-state index is -0.662. The molecule has 0 unspecified atom stereocenters. The molecule has 0 atom stereocenters. The Morgan fingerprint density at radius 1 is 0.562 bits per heavy atom. The summed E-state index contributed by atoms with van der Waals surface area (Å²) in [6, 6.07) is 13.6. The molecule has 2 rings (SSSR count). The highest BCUT2D eigenvalue weighted by atomic mass is 16.6. The number of ether oxygens (including phenoxy) is 4. The first-order valence-corrected chi connectivity index (χ1v) is 10.1. The maximum Gasteiger partial charge on any atom is 0.344 e. The normalized spacial score (nSPS) is 10.2. The maximum atomic E-state index is 11.8. The summed E-state index contributed by atoms with van der Waals surface area (Å²) < 4.78 is 19.7. The van der Waals surface area contributed by atoms with Crippen molar-refractivity contribution in [2.24, 2.45) is 0 Å². The van der Waals surface area contributed by atoms with Gasteiger partial charge in [0.1, 0.15) is 0 Å². The maximum absolute atomic E-state index is 11.8. The van der Waals surface area contributed by atoms with E-state index in [0.29, 0.717) is 24.0 Å². The average molecular weight is 442 g/mol. The first kappa shape index (κ1) is 24.6. The Kier molecular flexibility index (Phi) is 9.90. The number of aryl methyl sites for hydroxylation is 2. The fraction of sp³-hybridized carbons (Fsp3) is 0.333. The Balaban J connectivity index is 1.50. The molecular weight excluding hydrogens is 416 g/mol. The van der Waals surface area contributed by atoms with Crippen LogP contribution in [0.3, 0.4) is 0 Å². The summed E-state index contributed by atoms with van der Waals surface area (Å²) in [7, 11) is 0. The number of benzene rings is 2. The van der Waals surface area contributed by atoms with Crippen LogP contribution in [0.4, 0.5) is 0 Å². The highest BCUT2D eigenvalue weighted by molar-refractivity contribution is 5.91. The fourth-order valence-electron chi connectivity index (χ4n) is 2.45. The summed E-state index contributed by atoms with van der Waals surface area (Å²) in [6.07, 6.45) is 0.905. The number of unbranched alkanes of at least 4 members (excludes halogenated alkanes) is 1. The summed E-state index contributed by atoms with van der Waals surface area (Å²) in [6.45, 7) is 3.04. The monoisotopic (exact) mass is 442 g/mol. The lowest BCUT2D eigenvalue weighted by Gasteiger charge is -2.08. The van der Waals surface area contributed by atoms with Crippen molar-refractivity contribution >= 4 is 23.9 Å². The molecule has 0 aliphatic rings. The van der Waals surface area contributed by atoms with Crippen LogP contribution in [-0.4, -0.2) is 50.3 Å². The summed E-state index contributed by atoms with van der Waals surface area (Å²) in [4.78, 5) is 46.9. The van der Waals surface area contributed by atoms with Gasteiger partial charge in [0, 0.05) is 0 Å². The van der Waals surface area contributed by atoms with Crippen LogP contribution in [0.5, 0.6) is 0 Å². The van der Waals surface area contributed by atoms with Gasteiger partial charge in [0.2, 0.25) is 0 Å². The van der Waals surface area contributed by atoms with Crippen LogP contribution < -0.4 is 0 Å². The molecule has 2 aromatic carbocycles. The molecular formula is C24H26O8. The molecule has 0 saturated heterocycles. The largest absolute Gasteiger partial charge is 0.463 e. The lowest BCUT2D eigenvalue weighted by Crippen LogP contribution is -2.18. The zero-order chi connectivity index (χ0) is 23.3. The molecule has 2 aromatic rings. The Labute approximate surface area is 186 Å². The van der Waals surface area contributed by atoms with E-state index in [9.17, 15) is 19.2 Å². The van der Waals surface area contributed by atoms with Gasteiger partial charge >= 0.3 is 23.9 Å². The van der Waals surface area contributed by atoms with Gasteiger partial charge in [0.15, 0.2) is 13.2 Å². The van der Waals surface area contributed by atoms with Crippen molar-refractivity contribution in [2.75, 3.05) is 26.4 Å². The van der Waals surface area contributed by atoms with Gasteiger partial charge in [0.05, 0.1) is 24.3 Å². The number of rotatable bonds is 11. The standard InChI is InChI=1S/C24H26O8/c1-17-5-9-19(10-6-17)23(27)31-15-21(25)29-13-3-4-14-30-22(26)16-32-24(28)20-11-7-18(2)8-12-20/h5-12H,3-4,13-16H2,1-2H3. The van der Waals surface area contributed by atoms with E-state index in [4.69, 9.17) is 18.9 Å². The van der Waals surface area contributed by atoms with Crippen LogP contribution >= 0.6 is 0 Å². The molecule has 32 heavy (non-hydrogen) atoms. The zero-order valence-electron chi connectivity index (χ0n) is 18.1. The van der Waals surface area contributed by atoms with Gasteiger partial charge < -0.3 is 18.9 Å². The summed E-state index contributed by atoms with van der Waals surface area (Å²) in [5, 5.41) is 0. The zero-order valence-corrected chi connectivity index (χ0v) is 18.1. The summed E-state index contributed by atoms with van der Waals surface area (Å²) >= 11 is 0. The second-order valence-corrected chi connectivity index (χ2v) is 7.03. The van der Waals surface area contributed by atoms with Gasteiger partial charge in [-0.25, -0.2) is 19.2 Å². The molecule has 8 nitrogen and oxygen atoms in total. The molecule has 170 valence electrons. The smallest absolute Gasteiger partial charge is 0.344 e. The first-order valence-electron chi connectivity index (χ1n) is 10.1. The number of hydrogen-bond donors (Lipinski definition) is 0. The van der Waals surface area contributed by atoms with Crippen molar-refractivity contribution < 1.29 is 38.1 Å². The Bertz CT molecular complexity index is 839. The molecule has 0 N–H and O–H groups in total. The molecule has 8 heteroatoms. The van der Waals surface area contributed by atoms with Crippen LogP contribution in [0.1, 0.15) is 44.7 Å². The topological polar surface area (TPSA) is 105 Å². The van der Waals surface area contributed by atoms with E-state index in [-0.39, 0.29) is 13.2 Å². The fourth-order valence-corrected chi connectivity index (χ4v) is 2.45. The van der Waals surface area contributed by atoms with Crippen molar-refractivity contribution in [3.8, 4) is 0 Å². The molecule has 0 amide bonds. The number of carbonyl (C=O) groups excluding carboxylic acids is 4. The average Bonchev–Trinajstić information content (AvgIpc) is 2.79. The van der Waals surface area contributed by atoms with Gasteiger partial charge in [-0.3, -0.25) is 0 Å². The quantitative estimate of drug-likeness (QED) is 0.297. The second kappa shape index (κ2) is 12.9. The third kappa shape index (κ3) is 8.99. The van der Waals surface area contributed by atoms with Crippen LogP contribution in [0.15, 0.2) is 48.5 Å². The molecule has 0 heterocycles. The van der Waals surface area contributed by atoms with Crippen LogP contribution in [0, 0.1) is 13.8 Å². The van der Waals surface area contributed by atoms with Gasteiger partial charge in [-0.15, -0.1) is 0 Å². The van der Waals surface area contributed by atoms with Crippen LogP contribution in [-0.2, 0) is 28.5 Å². The molecule has 0 radical (unpaired) electrons. The Morgan fingerprint density at radius 3 is 1.25 bits per heavy atom. The SMILES string of the molecule is Cc1ccc(C(=O)OCC(=O)OCCCCOC(=O)COC(=O)c2ccc(C)cc2)cc1. The van der Waals surface area contributed by atoms with E-state index >= 15 is 0 Å². The molecule has 0 aromatic heterocycles. The van der Waals surface area contributed by atoms with E-state index in [2.05, 4.69) is 0 Å². The van der Waals surface area contributed by atoms with E-state index in [0.717, 1.165) is 11.1 Å². The van der Waals surface area contributed by atoms with Crippen molar-refractivity contribution in [1.29, 1.82) is 0 Å². The van der Waals surface area contributed by atoms with Crippen LogP contribution in [0.25, 0.3) is 0 Å². The minimum absolute atomic E-state index is 0.0981. The first-order chi connectivity index (χ1) is 15.3. The molecule has 0 fully saturated rings. The predicted molar refractivity (Wildman–Crippen MR) is 114 cm³/mol. The van der Waals surface area contributed by atoms with Crippen molar-refractivity contribution in [3.63, 3.8) is 0 Å². The molecule has 0 bridgehead atoms. The van der Waals surface area contributed by atoms with E-state index in [1.54, 1.807) is 48.5 Å². The molecule has 0 spiro atoms. The number of carbonyl (C=O) groups is 4. The van der Waals surface area contributed by atoms with E-state index in [1.165, 1.54) is 0 Å². The van der Waals surface area contributed by atoms with Gasteiger partial charge in [-0.2, -0.15) is 0 Å². The lowest BCUT2D eigenvalue weighted by molar-refractivity contribution is -0.149. The third-order valence-corrected chi connectivity index (χ3v) is 4.28. The summed E-state index contributed by atoms with van der Waals surface area (Å²) in [5.74, 6) is -2.52. The second-order valence-electron chi connectivity index (χ2n) is 7.03. The lowest BCUT2D eigenvalue weighted by atomic mass is 10.1. The van der Waals surface area contributed by atoms with E-state index < -0.39 is 37.1 Å². The predicted octanol–water partition coefficient (Wildman–Crippen LogP) is 3.18. The highest BCUT2D eigenvalue weighted by Crippen LogP contribution is 2.06. The number of esters is 4. The molecule has 0 aliphatic carbocycles. The Hall–Kier alpha value is -3.68. The molecule has 0 aliphatic heterocycles. The van der Waals surface area contributed by atoms with E-state index in [1.807, 2.05) is 13.8 Å². The van der Waals surface area contributed by atoms with Gasteiger partial charge in [-0.05, 0) is 51.0 Å². The number of hydrogen-bond acceptors (Lipinski definition) is 8. The Morgan fingerprint density at radius 2 is 0.906 bits per heavy atom. The highest BCUT2D eigenvalue weighted by Gasteiger charge is 2.12. The minimum Gasteiger partial charge on any atom is -0.463 e. The summed E-state index contributed by atoms with van der Waals surface area (Å²) in [5.41, 5.74) is 2.73. The van der Waals surface area contributed by atoms with Crippen molar-refractivity contribution in [1.82, 2.24) is 0 Å². The van der Waals surface area contributed by atoms with Crippen molar-refractivity contribution in [2.45, 2.75) is 26.7 Å². The van der Waals surface area contributed by atoms with Gasteiger partial charge in [0.25, 0.3) is 0 Å². The third-order valence-electron chi connectivity index (χ3n) is 4.28. The van der Waals surface area contributed by atoms with Crippen LogP contribution in [0.2, 0.25) is 0 Å². The molecule has 0 saturated carbocycles. The van der Waals surface area contributed by atoms with Gasteiger partial charge in [-0.1, -0.05) is 35.4 Å². The van der Waals surface area contributed by atoms with Crippen molar-refractivity contribution in [3.05, 3.63) is 70.8 Å².